The third-order valence-corrected chi connectivity index (χ3v) is 7.28. The van der Waals surface area contributed by atoms with Crippen LogP contribution < -0.4 is 5.32 Å². The minimum absolute atomic E-state index is 0.227. The number of aromatic nitrogens is 3. The molecule has 0 radical (unpaired) electrons. The number of amides is 1. The molecule has 2 aromatic carbocycles. The standard InChI is InChI=1S/C31H31F3N4O/c1-2-21-14-16-23(17-15-21)24-12-8-18-35-29(24)26(19-22-9-4-3-5-10-22)36-28(39)20-38-27-13-7-6-11-25(27)30(37-38)31(32,33)34/h3-5,8-10,12,14-18,26H,2,6-7,11,13,19-20H2,1H3,(H,36,39)/t26-/m1/s1. The lowest BCUT2D eigenvalue weighted by atomic mass is 9.94. The van der Waals surface area contributed by atoms with E-state index in [9.17, 15) is 18.0 Å². The number of fused-ring (bicyclic) bond motifs is 1. The number of halogens is 3. The summed E-state index contributed by atoms with van der Waals surface area (Å²) in [5.74, 6) is -0.404. The van der Waals surface area contributed by atoms with E-state index < -0.39 is 23.8 Å². The Morgan fingerprint density at radius 3 is 2.44 bits per heavy atom. The van der Waals surface area contributed by atoms with E-state index in [-0.39, 0.29) is 12.1 Å². The van der Waals surface area contributed by atoms with Gasteiger partial charge in [-0.15, -0.1) is 0 Å². The maximum absolute atomic E-state index is 13.7. The summed E-state index contributed by atoms with van der Waals surface area (Å²) in [6, 6.07) is 21.4. The zero-order chi connectivity index (χ0) is 27.4. The van der Waals surface area contributed by atoms with Crippen molar-refractivity contribution in [2.24, 2.45) is 0 Å². The van der Waals surface area contributed by atoms with Crippen LogP contribution in [0.5, 0.6) is 0 Å². The molecule has 0 bridgehead atoms. The van der Waals surface area contributed by atoms with Gasteiger partial charge in [-0.05, 0) is 61.3 Å². The lowest BCUT2D eigenvalue weighted by Crippen LogP contribution is -2.34. The molecule has 4 aromatic rings. The quantitative estimate of drug-likeness (QED) is 0.282. The van der Waals surface area contributed by atoms with E-state index >= 15 is 0 Å². The Morgan fingerprint density at radius 1 is 0.974 bits per heavy atom. The fraction of sp³-hybridized carbons (Fsp3) is 0.323. The molecule has 8 heteroatoms. The van der Waals surface area contributed by atoms with E-state index in [0.717, 1.165) is 29.5 Å². The number of aryl methyl sites for hydroxylation is 1. The summed E-state index contributed by atoms with van der Waals surface area (Å²) in [5.41, 5.74) is 4.69. The number of nitrogens with one attached hydrogen (secondary N) is 1. The van der Waals surface area contributed by atoms with Gasteiger partial charge >= 0.3 is 6.18 Å². The summed E-state index contributed by atoms with van der Waals surface area (Å²) in [6.07, 6.45) is 0.845. The van der Waals surface area contributed by atoms with E-state index in [0.29, 0.717) is 37.1 Å². The molecule has 202 valence electrons. The molecule has 0 fully saturated rings. The van der Waals surface area contributed by atoms with Crippen molar-refractivity contribution in [3.05, 3.63) is 107 Å². The fourth-order valence-corrected chi connectivity index (χ4v) is 5.33. The predicted octanol–water partition coefficient (Wildman–Crippen LogP) is 6.51. The highest BCUT2D eigenvalue weighted by atomic mass is 19.4. The van der Waals surface area contributed by atoms with Crippen LogP contribution in [0.1, 0.15) is 59.6 Å². The molecular formula is C31H31F3N4O. The van der Waals surface area contributed by atoms with Crippen LogP contribution in [0.15, 0.2) is 72.9 Å². The van der Waals surface area contributed by atoms with Crippen LogP contribution in [0.2, 0.25) is 0 Å². The molecule has 39 heavy (non-hydrogen) atoms. The number of hydrogen-bond acceptors (Lipinski definition) is 3. The number of rotatable bonds is 8. The van der Waals surface area contributed by atoms with Crippen molar-refractivity contribution in [2.75, 3.05) is 0 Å². The molecule has 0 spiro atoms. The van der Waals surface area contributed by atoms with E-state index in [1.54, 1.807) is 6.20 Å². The summed E-state index contributed by atoms with van der Waals surface area (Å²) in [5, 5.41) is 6.94. The van der Waals surface area contributed by atoms with E-state index in [4.69, 9.17) is 0 Å². The molecular weight excluding hydrogens is 501 g/mol. The molecule has 0 aliphatic heterocycles. The largest absolute Gasteiger partial charge is 0.435 e. The summed E-state index contributed by atoms with van der Waals surface area (Å²) >= 11 is 0. The lowest BCUT2D eigenvalue weighted by molar-refractivity contribution is -0.142. The Morgan fingerprint density at radius 2 is 1.72 bits per heavy atom. The summed E-state index contributed by atoms with van der Waals surface area (Å²) in [6.45, 7) is 1.82. The second kappa shape index (κ2) is 11.4. The molecule has 5 nitrogen and oxygen atoms in total. The van der Waals surface area contributed by atoms with E-state index in [1.165, 1.54) is 10.2 Å². The van der Waals surface area contributed by atoms with Crippen LogP contribution in [0.4, 0.5) is 13.2 Å². The lowest BCUT2D eigenvalue weighted by Gasteiger charge is -2.22. The van der Waals surface area contributed by atoms with Gasteiger partial charge in [0, 0.05) is 23.0 Å². The molecule has 1 aliphatic carbocycles. The van der Waals surface area contributed by atoms with E-state index in [1.807, 2.05) is 42.5 Å². The van der Waals surface area contributed by atoms with Gasteiger partial charge in [-0.25, -0.2) is 0 Å². The summed E-state index contributed by atoms with van der Waals surface area (Å²) in [7, 11) is 0. The van der Waals surface area contributed by atoms with Crippen molar-refractivity contribution in [2.45, 2.75) is 64.2 Å². The van der Waals surface area contributed by atoms with Crippen LogP contribution in [-0.4, -0.2) is 20.7 Å². The Labute approximate surface area is 226 Å². The number of benzene rings is 2. The topological polar surface area (TPSA) is 59.8 Å². The fourth-order valence-electron chi connectivity index (χ4n) is 5.33. The third kappa shape index (κ3) is 6.05. The minimum atomic E-state index is -4.55. The van der Waals surface area contributed by atoms with Crippen LogP contribution in [0.3, 0.4) is 0 Å². The predicted molar refractivity (Wildman–Crippen MR) is 144 cm³/mol. The number of alkyl halides is 3. The Bertz CT molecular complexity index is 1430. The number of carbonyl (C=O) groups is 1. The minimum Gasteiger partial charge on any atom is -0.346 e. The summed E-state index contributed by atoms with van der Waals surface area (Å²) in [4.78, 5) is 18.1. The van der Waals surface area contributed by atoms with Crippen molar-refractivity contribution < 1.29 is 18.0 Å². The maximum Gasteiger partial charge on any atom is 0.435 e. The summed E-state index contributed by atoms with van der Waals surface area (Å²) < 4.78 is 42.3. The number of pyridine rings is 1. The highest BCUT2D eigenvalue weighted by Crippen LogP contribution is 2.36. The van der Waals surface area contributed by atoms with Gasteiger partial charge in [0.25, 0.3) is 0 Å². The van der Waals surface area contributed by atoms with Crippen molar-refractivity contribution >= 4 is 5.91 Å². The van der Waals surface area contributed by atoms with Gasteiger partial charge in [0.1, 0.15) is 6.54 Å². The molecule has 0 unspecified atom stereocenters. The zero-order valence-corrected chi connectivity index (χ0v) is 21.8. The SMILES string of the molecule is CCc1ccc(-c2cccnc2[C@@H](Cc2ccccc2)NC(=O)Cn2nc(C(F)(F)F)c3c2CCCC3)cc1. The first-order valence-electron chi connectivity index (χ1n) is 13.4. The van der Waals surface area contributed by atoms with Gasteiger partial charge in [0.05, 0.1) is 11.7 Å². The van der Waals surface area contributed by atoms with E-state index in [2.05, 4.69) is 46.6 Å². The van der Waals surface area contributed by atoms with Crippen LogP contribution in [0.25, 0.3) is 11.1 Å². The molecule has 2 aromatic heterocycles. The number of hydrogen-bond donors (Lipinski definition) is 1. The average Bonchev–Trinajstić information content (AvgIpc) is 3.32. The highest BCUT2D eigenvalue weighted by Gasteiger charge is 2.39. The van der Waals surface area contributed by atoms with Crippen molar-refractivity contribution in [1.82, 2.24) is 20.1 Å². The molecule has 1 amide bonds. The molecule has 1 atom stereocenters. The molecule has 0 saturated carbocycles. The molecule has 2 heterocycles. The number of nitrogens with zero attached hydrogens (tertiary/aromatic N) is 3. The highest BCUT2D eigenvalue weighted by molar-refractivity contribution is 5.77. The normalized spacial score (nSPS) is 14.1. The second-order valence-corrected chi connectivity index (χ2v) is 9.93. The van der Waals surface area contributed by atoms with Gasteiger partial charge in [-0.3, -0.25) is 14.5 Å². The first-order chi connectivity index (χ1) is 18.8. The monoisotopic (exact) mass is 532 g/mol. The zero-order valence-electron chi connectivity index (χ0n) is 21.8. The second-order valence-electron chi connectivity index (χ2n) is 9.93. The Kier molecular flexibility index (Phi) is 7.82. The van der Waals surface area contributed by atoms with Crippen molar-refractivity contribution in [1.29, 1.82) is 0 Å². The first kappa shape index (κ1) is 26.7. The first-order valence-corrected chi connectivity index (χ1v) is 13.4. The maximum atomic E-state index is 13.7. The van der Waals surface area contributed by atoms with Crippen LogP contribution in [-0.2, 0) is 43.2 Å². The van der Waals surface area contributed by atoms with Crippen molar-refractivity contribution in [3.63, 3.8) is 0 Å². The number of carbonyl (C=O) groups excluding carboxylic acids is 1. The Balaban J connectivity index is 1.46. The smallest absolute Gasteiger partial charge is 0.346 e. The van der Waals surface area contributed by atoms with Gasteiger partial charge in [-0.2, -0.15) is 18.3 Å². The van der Waals surface area contributed by atoms with Gasteiger partial charge in [0.15, 0.2) is 5.69 Å². The van der Waals surface area contributed by atoms with Crippen LogP contribution in [0, 0.1) is 0 Å². The molecule has 5 rings (SSSR count). The van der Waals surface area contributed by atoms with Gasteiger partial charge < -0.3 is 5.32 Å². The molecule has 0 saturated heterocycles. The van der Waals surface area contributed by atoms with Crippen LogP contribution >= 0.6 is 0 Å². The molecule has 1 N–H and O–H groups in total. The third-order valence-electron chi connectivity index (χ3n) is 7.28. The molecule has 1 aliphatic rings. The van der Waals surface area contributed by atoms with Crippen molar-refractivity contribution in [3.8, 4) is 11.1 Å². The average molecular weight is 533 g/mol. The Hall–Kier alpha value is -3.94. The van der Waals surface area contributed by atoms with Gasteiger partial charge in [0.2, 0.25) is 5.91 Å². The van der Waals surface area contributed by atoms with Gasteiger partial charge in [-0.1, -0.05) is 67.6 Å².